The van der Waals surface area contributed by atoms with Crippen LogP contribution in [-0.2, 0) is 35.7 Å². The molecule has 0 atom stereocenters. The van der Waals surface area contributed by atoms with E-state index in [1.54, 1.807) is 10.7 Å². The molecular formula is C16H19FN6O2. The first-order valence-electron chi connectivity index (χ1n) is 7.98. The van der Waals surface area contributed by atoms with Gasteiger partial charge >= 0.3 is 0 Å². The number of aromatic amines is 1. The Labute approximate surface area is 143 Å². The third-order valence-electron chi connectivity index (χ3n) is 3.52. The molecule has 1 amide bonds. The molecule has 0 saturated heterocycles. The summed E-state index contributed by atoms with van der Waals surface area (Å²) in [5.41, 5.74) is 6.48. The Morgan fingerprint density at radius 2 is 2.20 bits per heavy atom. The van der Waals surface area contributed by atoms with E-state index in [-0.39, 0.29) is 25.5 Å². The first-order valence-corrected chi connectivity index (χ1v) is 7.98. The highest BCUT2D eigenvalue weighted by molar-refractivity contribution is 5.75. The molecule has 0 aliphatic carbocycles. The zero-order chi connectivity index (χ0) is 17.8. The predicted molar refractivity (Wildman–Crippen MR) is 87.8 cm³/mol. The second kappa shape index (κ2) is 7.39. The van der Waals surface area contributed by atoms with Crippen LogP contribution in [0.3, 0.4) is 0 Å². The molecule has 1 aromatic carbocycles. The number of nitrogens with zero attached hydrogens (tertiary/aromatic N) is 4. The molecular weight excluding hydrogens is 327 g/mol. The van der Waals surface area contributed by atoms with E-state index in [4.69, 9.17) is 10.5 Å². The van der Waals surface area contributed by atoms with Crippen molar-refractivity contribution in [1.29, 1.82) is 0 Å². The van der Waals surface area contributed by atoms with Crippen molar-refractivity contribution in [2.45, 2.75) is 39.5 Å². The minimum atomic E-state index is -0.476. The fraction of sp³-hybridized carbons (Fsp3) is 0.375. The molecule has 0 unspecified atom stereocenters. The fourth-order valence-electron chi connectivity index (χ4n) is 2.50. The van der Waals surface area contributed by atoms with E-state index in [1.165, 1.54) is 12.1 Å². The largest absolute Gasteiger partial charge is 0.369 e. The topological polar surface area (TPSA) is 112 Å². The molecule has 2 heterocycles. The van der Waals surface area contributed by atoms with E-state index in [9.17, 15) is 9.18 Å². The number of benzene rings is 1. The normalized spacial score (nSPS) is 11.3. The summed E-state index contributed by atoms with van der Waals surface area (Å²) in [7, 11) is 0. The highest BCUT2D eigenvalue weighted by atomic mass is 19.1. The maximum absolute atomic E-state index is 13.2. The minimum absolute atomic E-state index is 0.00114. The van der Waals surface area contributed by atoms with Crippen molar-refractivity contribution in [2.75, 3.05) is 0 Å². The molecule has 0 saturated carbocycles. The van der Waals surface area contributed by atoms with E-state index in [2.05, 4.69) is 20.1 Å². The Morgan fingerprint density at radius 1 is 1.36 bits per heavy atom. The second-order valence-electron chi connectivity index (χ2n) is 5.65. The number of primary amides is 1. The Morgan fingerprint density at radius 3 is 2.96 bits per heavy atom. The van der Waals surface area contributed by atoms with Crippen LogP contribution in [0.5, 0.6) is 0 Å². The summed E-state index contributed by atoms with van der Waals surface area (Å²) in [6, 6.07) is 4.36. The van der Waals surface area contributed by atoms with Crippen molar-refractivity contribution < 1.29 is 13.9 Å². The van der Waals surface area contributed by atoms with Gasteiger partial charge in [-0.2, -0.15) is 5.10 Å². The molecule has 0 aliphatic rings. The zero-order valence-electron chi connectivity index (χ0n) is 13.8. The molecule has 132 valence electrons. The van der Waals surface area contributed by atoms with Gasteiger partial charge in [-0.25, -0.2) is 19.0 Å². The van der Waals surface area contributed by atoms with E-state index in [0.29, 0.717) is 35.1 Å². The number of rotatable bonds is 8. The Kier molecular flexibility index (Phi) is 5.03. The summed E-state index contributed by atoms with van der Waals surface area (Å²) in [5.74, 6) is 0.812. The maximum atomic E-state index is 13.2. The van der Waals surface area contributed by atoms with Gasteiger partial charge in [-0.3, -0.25) is 4.79 Å². The molecule has 25 heavy (non-hydrogen) atoms. The summed E-state index contributed by atoms with van der Waals surface area (Å²) in [6.07, 6.45) is 0.875. The number of carbonyl (C=O) groups excluding carboxylic acids is 1. The van der Waals surface area contributed by atoms with E-state index < -0.39 is 5.91 Å². The number of imidazole rings is 1. The van der Waals surface area contributed by atoms with Crippen LogP contribution in [-0.4, -0.2) is 30.6 Å². The number of nitrogens with one attached hydrogen (secondary N) is 1. The molecule has 0 fully saturated rings. The number of hydrogen-bond acceptors (Lipinski definition) is 5. The van der Waals surface area contributed by atoms with Crippen LogP contribution < -0.4 is 5.73 Å². The zero-order valence-corrected chi connectivity index (χ0v) is 13.8. The lowest BCUT2D eigenvalue weighted by Crippen LogP contribution is -2.14. The number of halogens is 1. The van der Waals surface area contributed by atoms with Crippen LogP contribution in [0, 0.1) is 5.82 Å². The van der Waals surface area contributed by atoms with Gasteiger partial charge in [-0.1, -0.05) is 6.92 Å². The van der Waals surface area contributed by atoms with Crippen molar-refractivity contribution >= 4 is 16.9 Å². The molecule has 0 spiro atoms. The third-order valence-corrected chi connectivity index (χ3v) is 3.52. The van der Waals surface area contributed by atoms with E-state index in [0.717, 1.165) is 6.42 Å². The number of hydrogen-bond donors (Lipinski definition) is 2. The second-order valence-corrected chi connectivity index (χ2v) is 5.65. The van der Waals surface area contributed by atoms with Gasteiger partial charge < -0.3 is 15.5 Å². The molecule has 0 aliphatic heterocycles. The minimum Gasteiger partial charge on any atom is -0.369 e. The summed E-state index contributed by atoms with van der Waals surface area (Å²) in [5, 5.41) is 4.27. The van der Waals surface area contributed by atoms with Gasteiger partial charge in [0.2, 0.25) is 5.91 Å². The quantitative estimate of drug-likeness (QED) is 0.641. The van der Waals surface area contributed by atoms with Crippen molar-refractivity contribution in [3.05, 3.63) is 41.5 Å². The van der Waals surface area contributed by atoms with Gasteiger partial charge in [0.25, 0.3) is 0 Å². The lowest BCUT2D eigenvalue weighted by Gasteiger charge is -2.04. The number of aryl methyl sites for hydroxylation is 1. The standard InChI is InChI=1S/C16H19FN6O2/c1-2-5-23-16(21-14(22-23)7-13(18)24)9-25-8-15-19-11-4-3-10(17)6-12(11)20-15/h3-4,6H,2,5,7-9H2,1H3,(H2,18,24)(H,19,20). The third kappa shape index (κ3) is 4.18. The maximum Gasteiger partial charge on any atom is 0.225 e. The van der Waals surface area contributed by atoms with Crippen LogP contribution in [0.2, 0.25) is 0 Å². The molecule has 8 nitrogen and oxygen atoms in total. The number of nitrogens with two attached hydrogens (primary N) is 1. The number of H-pyrrole nitrogens is 1. The van der Waals surface area contributed by atoms with Crippen LogP contribution in [0.1, 0.15) is 30.8 Å². The number of ether oxygens (including phenoxy) is 1. The SMILES string of the molecule is CCCn1nc(CC(N)=O)nc1COCc1nc2ccc(F)cc2[nH]1. The van der Waals surface area contributed by atoms with Crippen molar-refractivity contribution in [1.82, 2.24) is 24.7 Å². The molecule has 3 aromatic rings. The summed E-state index contributed by atoms with van der Waals surface area (Å²) in [4.78, 5) is 22.7. The smallest absolute Gasteiger partial charge is 0.225 e. The number of carbonyl (C=O) groups is 1. The highest BCUT2D eigenvalue weighted by Gasteiger charge is 2.12. The molecule has 3 rings (SSSR count). The molecule has 9 heteroatoms. The van der Waals surface area contributed by atoms with E-state index >= 15 is 0 Å². The summed E-state index contributed by atoms with van der Waals surface area (Å²) < 4.78 is 20.6. The van der Waals surface area contributed by atoms with Crippen LogP contribution in [0.25, 0.3) is 11.0 Å². The average molecular weight is 346 g/mol. The first kappa shape index (κ1) is 17.0. The van der Waals surface area contributed by atoms with Crippen molar-refractivity contribution in [2.24, 2.45) is 5.73 Å². The predicted octanol–water partition coefficient (Wildman–Crippen LogP) is 1.45. The monoisotopic (exact) mass is 346 g/mol. The highest BCUT2D eigenvalue weighted by Crippen LogP contribution is 2.14. The average Bonchev–Trinajstić information content (AvgIpc) is 3.10. The van der Waals surface area contributed by atoms with Gasteiger partial charge in [0.05, 0.1) is 17.5 Å². The lowest BCUT2D eigenvalue weighted by molar-refractivity contribution is -0.117. The molecule has 3 N–H and O–H groups in total. The van der Waals surface area contributed by atoms with Gasteiger partial charge in [-0.05, 0) is 24.6 Å². The van der Waals surface area contributed by atoms with Gasteiger partial charge in [0.15, 0.2) is 11.6 Å². The number of amides is 1. The Bertz CT molecular complexity index is 888. The van der Waals surface area contributed by atoms with Crippen molar-refractivity contribution in [3.8, 4) is 0 Å². The first-order chi connectivity index (χ1) is 12.0. The van der Waals surface area contributed by atoms with Gasteiger partial charge in [0.1, 0.15) is 24.9 Å². The summed E-state index contributed by atoms with van der Waals surface area (Å²) in [6.45, 7) is 3.14. The van der Waals surface area contributed by atoms with Crippen LogP contribution >= 0.6 is 0 Å². The Hall–Kier alpha value is -2.81. The number of fused-ring (bicyclic) bond motifs is 1. The molecule has 0 radical (unpaired) electrons. The number of aromatic nitrogens is 5. The molecule has 0 bridgehead atoms. The molecule has 2 aromatic heterocycles. The Balaban J connectivity index is 1.65. The van der Waals surface area contributed by atoms with Gasteiger partial charge in [0, 0.05) is 6.54 Å². The lowest BCUT2D eigenvalue weighted by atomic mass is 10.3. The fourth-order valence-corrected chi connectivity index (χ4v) is 2.50. The van der Waals surface area contributed by atoms with Crippen LogP contribution in [0.4, 0.5) is 4.39 Å². The summed E-state index contributed by atoms with van der Waals surface area (Å²) >= 11 is 0. The van der Waals surface area contributed by atoms with E-state index in [1.807, 2.05) is 6.92 Å². The van der Waals surface area contributed by atoms with Gasteiger partial charge in [-0.15, -0.1) is 0 Å². The van der Waals surface area contributed by atoms with Crippen LogP contribution in [0.15, 0.2) is 18.2 Å². The van der Waals surface area contributed by atoms with Crippen molar-refractivity contribution in [3.63, 3.8) is 0 Å².